The van der Waals surface area contributed by atoms with E-state index in [9.17, 15) is 18.4 Å². The zero-order valence-electron chi connectivity index (χ0n) is 13.6. The molecule has 0 bridgehead atoms. The first-order valence-electron chi connectivity index (χ1n) is 7.26. The Morgan fingerprint density at radius 3 is 2.17 bits per heavy atom. The summed E-state index contributed by atoms with van der Waals surface area (Å²) < 4.78 is 33.9. The van der Waals surface area contributed by atoms with Crippen LogP contribution in [0.4, 0.5) is 8.78 Å². The zero-order valence-corrected chi connectivity index (χ0v) is 13.6. The molecular weight excluding hydrogens is 308 g/mol. The van der Waals surface area contributed by atoms with E-state index in [-0.39, 0.29) is 29.3 Å². The number of hydrogen-bond donors (Lipinski definition) is 0. The fraction of sp³-hybridized carbons (Fsp3) is 0.500. The van der Waals surface area contributed by atoms with Gasteiger partial charge in [-0.2, -0.15) is 8.78 Å². The lowest BCUT2D eigenvalue weighted by Crippen LogP contribution is -2.44. The Kier molecular flexibility index (Phi) is 6.93. The molecule has 0 spiro atoms. The van der Waals surface area contributed by atoms with Crippen LogP contribution < -0.4 is 4.74 Å². The van der Waals surface area contributed by atoms with Gasteiger partial charge in [-0.15, -0.1) is 0 Å². The fourth-order valence-corrected chi connectivity index (χ4v) is 2.29. The van der Waals surface area contributed by atoms with Crippen LogP contribution >= 0.6 is 0 Å². The van der Waals surface area contributed by atoms with Crippen molar-refractivity contribution >= 4 is 11.9 Å². The number of rotatable bonds is 7. The highest BCUT2D eigenvalue weighted by Crippen LogP contribution is 2.21. The SMILES string of the molecule is CC(C)N(C(=O)COC(=O)c1ccccc1OC(F)F)C(C)C. The minimum atomic E-state index is -3.05. The van der Waals surface area contributed by atoms with E-state index in [1.807, 2.05) is 27.7 Å². The molecule has 0 saturated carbocycles. The van der Waals surface area contributed by atoms with Gasteiger partial charge >= 0.3 is 12.6 Å². The van der Waals surface area contributed by atoms with Crippen LogP contribution in [0.15, 0.2) is 24.3 Å². The standard InChI is InChI=1S/C16H21F2NO4/c1-10(2)19(11(3)4)14(20)9-22-15(21)12-7-5-6-8-13(12)23-16(17)18/h5-8,10-11,16H,9H2,1-4H3. The highest BCUT2D eigenvalue weighted by Gasteiger charge is 2.23. The largest absolute Gasteiger partial charge is 0.452 e. The third-order valence-corrected chi connectivity index (χ3v) is 3.05. The summed E-state index contributed by atoms with van der Waals surface area (Å²) in [5.41, 5.74) is -0.152. The van der Waals surface area contributed by atoms with Gasteiger partial charge in [0.1, 0.15) is 11.3 Å². The molecule has 0 atom stereocenters. The summed E-state index contributed by atoms with van der Waals surface area (Å²) in [6, 6.07) is 5.39. The van der Waals surface area contributed by atoms with Gasteiger partial charge in [-0.1, -0.05) is 12.1 Å². The molecule has 0 N–H and O–H groups in total. The molecule has 0 saturated heterocycles. The summed E-state index contributed by atoms with van der Waals surface area (Å²) >= 11 is 0. The number of alkyl halides is 2. The van der Waals surface area contributed by atoms with E-state index in [1.165, 1.54) is 24.3 Å². The van der Waals surface area contributed by atoms with Gasteiger partial charge in [0.05, 0.1) is 0 Å². The lowest BCUT2D eigenvalue weighted by Gasteiger charge is -2.30. The Bertz CT molecular complexity index is 539. The second-order valence-electron chi connectivity index (χ2n) is 5.44. The third kappa shape index (κ3) is 5.50. The van der Waals surface area contributed by atoms with Crippen molar-refractivity contribution in [1.29, 1.82) is 0 Å². The second-order valence-corrected chi connectivity index (χ2v) is 5.44. The quantitative estimate of drug-likeness (QED) is 0.721. The molecule has 1 amide bonds. The zero-order chi connectivity index (χ0) is 17.6. The van der Waals surface area contributed by atoms with Crippen molar-refractivity contribution in [3.05, 3.63) is 29.8 Å². The summed E-state index contributed by atoms with van der Waals surface area (Å²) in [6.45, 7) is 3.90. The smallest absolute Gasteiger partial charge is 0.387 e. The van der Waals surface area contributed by atoms with Crippen LogP contribution in [-0.4, -0.2) is 42.1 Å². The van der Waals surface area contributed by atoms with Crippen molar-refractivity contribution in [3.63, 3.8) is 0 Å². The molecule has 128 valence electrons. The number of esters is 1. The first-order valence-corrected chi connectivity index (χ1v) is 7.26. The van der Waals surface area contributed by atoms with E-state index in [2.05, 4.69) is 4.74 Å². The monoisotopic (exact) mass is 329 g/mol. The number of benzene rings is 1. The number of nitrogens with zero attached hydrogens (tertiary/aromatic N) is 1. The van der Waals surface area contributed by atoms with Crippen LogP contribution in [0.1, 0.15) is 38.1 Å². The Morgan fingerprint density at radius 1 is 1.09 bits per heavy atom. The minimum absolute atomic E-state index is 0.0457. The van der Waals surface area contributed by atoms with Crippen LogP contribution in [0.5, 0.6) is 5.75 Å². The number of halogens is 2. The van der Waals surface area contributed by atoms with Gasteiger partial charge in [0, 0.05) is 12.1 Å². The highest BCUT2D eigenvalue weighted by atomic mass is 19.3. The molecule has 1 rings (SSSR count). The maximum absolute atomic E-state index is 12.3. The predicted octanol–water partition coefficient (Wildman–Crippen LogP) is 3.09. The third-order valence-electron chi connectivity index (χ3n) is 3.05. The Hall–Kier alpha value is -2.18. The van der Waals surface area contributed by atoms with Gasteiger partial charge in [-0.3, -0.25) is 4.79 Å². The van der Waals surface area contributed by atoms with Gasteiger partial charge in [0.15, 0.2) is 6.61 Å². The molecule has 0 fully saturated rings. The number of carbonyl (C=O) groups is 2. The molecule has 0 unspecified atom stereocenters. The van der Waals surface area contributed by atoms with Crippen LogP contribution in [-0.2, 0) is 9.53 Å². The summed E-state index contributed by atoms with van der Waals surface area (Å²) in [6.07, 6.45) is 0. The van der Waals surface area contributed by atoms with Crippen molar-refractivity contribution in [3.8, 4) is 5.75 Å². The van der Waals surface area contributed by atoms with Gasteiger partial charge in [0.25, 0.3) is 5.91 Å². The molecular formula is C16H21F2NO4. The number of carbonyl (C=O) groups excluding carboxylic acids is 2. The number of hydrogen-bond acceptors (Lipinski definition) is 4. The van der Waals surface area contributed by atoms with Crippen molar-refractivity contribution in [2.45, 2.75) is 46.4 Å². The molecule has 0 heterocycles. The van der Waals surface area contributed by atoms with Crippen LogP contribution in [0.3, 0.4) is 0 Å². The van der Waals surface area contributed by atoms with E-state index >= 15 is 0 Å². The molecule has 1 aromatic rings. The van der Waals surface area contributed by atoms with Crippen molar-refractivity contribution in [2.75, 3.05) is 6.61 Å². The highest BCUT2D eigenvalue weighted by molar-refractivity contribution is 5.94. The molecule has 0 radical (unpaired) electrons. The molecule has 1 aromatic carbocycles. The van der Waals surface area contributed by atoms with E-state index < -0.39 is 19.2 Å². The van der Waals surface area contributed by atoms with E-state index in [0.717, 1.165) is 0 Å². The summed E-state index contributed by atoms with van der Waals surface area (Å²) in [7, 11) is 0. The lowest BCUT2D eigenvalue weighted by atomic mass is 10.2. The van der Waals surface area contributed by atoms with Crippen LogP contribution in [0, 0.1) is 0 Å². The average molecular weight is 329 g/mol. The summed E-state index contributed by atoms with van der Waals surface area (Å²) in [5.74, 6) is -1.53. The van der Waals surface area contributed by atoms with Gasteiger partial charge < -0.3 is 14.4 Å². The summed E-state index contributed by atoms with van der Waals surface area (Å²) in [5, 5.41) is 0. The van der Waals surface area contributed by atoms with Crippen molar-refractivity contribution in [2.24, 2.45) is 0 Å². The molecule has 0 aliphatic heterocycles. The molecule has 23 heavy (non-hydrogen) atoms. The Morgan fingerprint density at radius 2 is 1.65 bits per heavy atom. The number of para-hydroxylation sites is 1. The van der Waals surface area contributed by atoms with Crippen LogP contribution in [0.25, 0.3) is 0 Å². The van der Waals surface area contributed by atoms with Gasteiger partial charge in [0.2, 0.25) is 0 Å². The van der Waals surface area contributed by atoms with Crippen molar-refractivity contribution in [1.82, 2.24) is 4.90 Å². The van der Waals surface area contributed by atoms with E-state index in [4.69, 9.17) is 4.74 Å². The van der Waals surface area contributed by atoms with Crippen molar-refractivity contribution < 1.29 is 27.8 Å². The van der Waals surface area contributed by atoms with Gasteiger partial charge in [-0.05, 0) is 39.8 Å². The molecule has 5 nitrogen and oxygen atoms in total. The maximum Gasteiger partial charge on any atom is 0.387 e. The second kappa shape index (κ2) is 8.45. The number of amides is 1. The van der Waals surface area contributed by atoms with Gasteiger partial charge in [-0.25, -0.2) is 4.79 Å². The Labute approximate surface area is 134 Å². The molecule has 7 heteroatoms. The topological polar surface area (TPSA) is 55.8 Å². The first-order chi connectivity index (χ1) is 10.7. The van der Waals surface area contributed by atoms with E-state index in [1.54, 1.807) is 4.90 Å². The minimum Gasteiger partial charge on any atom is -0.452 e. The average Bonchev–Trinajstić information content (AvgIpc) is 2.44. The van der Waals surface area contributed by atoms with Crippen LogP contribution in [0.2, 0.25) is 0 Å². The first kappa shape index (κ1) is 18.9. The molecule has 0 aromatic heterocycles. The summed E-state index contributed by atoms with van der Waals surface area (Å²) in [4.78, 5) is 25.7. The fourth-order valence-electron chi connectivity index (χ4n) is 2.29. The Balaban J connectivity index is 2.76. The lowest BCUT2D eigenvalue weighted by molar-refractivity contribution is -0.138. The maximum atomic E-state index is 12.3. The number of ether oxygens (including phenoxy) is 2. The molecule has 0 aliphatic rings. The predicted molar refractivity (Wildman–Crippen MR) is 80.5 cm³/mol. The van der Waals surface area contributed by atoms with E-state index in [0.29, 0.717) is 0 Å². The normalized spacial score (nSPS) is 11.0. The molecule has 0 aliphatic carbocycles.